The van der Waals surface area contributed by atoms with Crippen LogP contribution in [-0.2, 0) is 0 Å². The van der Waals surface area contributed by atoms with Gasteiger partial charge in [-0.2, -0.15) is 0 Å². The van der Waals surface area contributed by atoms with Crippen LogP contribution in [0, 0.1) is 0 Å². The number of nitrogens with two attached hydrogens (primary N) is 1. The van der Waals surface area contributed by atoms with E-state index in [4.69, 9.17) is 10.2 Å². The standard InChI is InChI=1S/C16H11N3O/c17-12-4-6-14-15(9-12)20-16(19-14)11-3-5-13-10(8-11)2-1-7-18-13/h1-9H,17H2. The number of hydrogen-bond acceptors (Lipinski definition) is 4. The van der Waals surface area contributed by atoms with E-state index >= 15 is 0 Å². The van der Waals surface area contributed by atoms with Gasteiger partial charge in [0.2, 0.25) is 5.89 Å². The molecule has 2 heterocycles. The minimum atomic E-state index is 0.594. The second-order valence-corrected chi connectivity index (χ2v) is 4.66. The van der Waals surface area contributed by atoms with Gasteiger partial charge >= 0.3 is 0 Å². The summed E-state index contributed by atoms with van der Waals surface area (Å²) in [4.78, 5) is 8.79. The SMILES string of the molecule is Nc1ccc2nc(-c3ccc4ncccc4c3)oc2c1. The van der Waals surface area contributed by atoms with Gasteiger partial charge in [0, 0.05) is 28.9 Å². The molecule has 96 valence electrons. The fourth-order valence-electron chi connectivity index (χ4n) is 2.27. The molecule has 0 bridgehead atoms. The molecule has 0 saturated carbocycles. The Morgan fingerprint density at radius 1 is 0.950 bits per heavy atom. The van der Waals surface area contributed by atoms with Gasteiger partial charge in [-0.1, -0.05) is 6.07 Å². The molecule has 0 saturated heterocycles. The summed E-state index contributed by atoms with van der Waals surface area (Å²) in [5.74, 6) is 0.594. The Morgan fingerprint density at radius 3 is 2.80 bits per heavy atom. The van der Waals surface area contributed by atoms with Gasteiger partial charge in [0.15, 0.2) is 5.58 Å². The van der Waals surface area contributed by atoms with E-state index < -0.39 is 0 Å². The number of pyridine rings is 1. The summed E-state index contributed by atoms with van der Waals surface area (Å²) in [6.07, 6.45) is 1.78. The third-order valence-electron chi connectivity index (χ3n) is 3.26. The lowest BCUT2D eigenvalue weighted by Crippen LogP contribution is -1.81. The smallest absolute Gasteiger partial charge is 0.227 e. The third kappa shape index (κ3) is 1.70. The second-order valence-electron chi connectivity index (χ2n) is 4.66. The number of oxazole rings is 1. The molecular weight excluding hydrogens is 250 g/mol. The second kappa shape index (κ2) is 4.06. The minimum absolute atomic E-state index is 0.594. The van der Waals surface area contributed by atoms with Crippen molar-refractivity contribution in [2.24, 2.45) is 0 Å². The van der Waals surface area contributed by atoms with Crippen molar-refractivity contribution in [1.29, 1.82) is 0 Å². The maximum atomic E-state index is 5.77. The van der Waals surface area contributed by atoms with Crippen LogP contribution in [0.1, 0.15) is 0 Å². The molecular formula is C16H11N3O. The molecule has 2 aromatic heterocycles. The molecule has 0 atom stereocenters. The summed E-state index contributed by atoms with van der Waals surface area (Å²) in [5, 5.41) is 1.06. The summed E-state index contributed by atoms with van der Waals surface area (Å²) in [6.45, 7) is 0. The third-order valence-corrected chi connectivity index (χ3v) is 3.26. The first-order valence-electron chi connectivity index (χ1n) is 6.31. The van der Waals surface area contributed by atoms with Gasteiger partial charge < -0.3 is 10.2 Å². The summed E-state index contributed by atoms with van der Waals surface area (Å²) in [7, 11) is 0. The molecule has 0 radical (unpaired) electrons. The zero-order valence-corrected chi connectivity index (χ0v) is 10.6. The molecule has 0 unspecified atom stereocenters. The number of anilines is 1. The van der Waals surface area contributed by atoms with Crippen LogP contribution in [0.25, 0.3) is 33.5 Å². The molecule has 4 rings (SSSR count). The summed E-state index contributed by atoms with van der Waals surface area (Å²) in [5.41, 5.74) is 9.81. The van der Waals surface area contributed by atoms with Gasteiger partial charge in [0.25, 0.3) is 0 Å². The zero-order valence-electron chi connectivity index (χ0n) is 10.6. The average Bonchev–Trinajstić information content (AvgIpc) is 2.89. The van der Waals surface area contributed by atoms with Crippen molar-refractivity contribution in [1.82, 2.24) is 9.97 Å². The molecule has 0 amide bonds. The van der Waals surface area contributed by atoms with Crippen LogP contribution in [0.2, 0.25) is 0 Å². The largest absolute Gasteiger partial charge is 0.436 e. The van der Waals surface area contributed by atoms with E-state index in [0.29, 0.717) is 17.2 Å². The highest BCUT2D eigenvalue weighted by atomic mass is 16.3. The number of nitrogens with zero attached hydrogens (tertiary/aromatic N) is 2. The Morgan fingerprint density at radius 2 is 1.85 bits per heavy atom. The molecule has 0 aliphatic carbocycles. The van der Waals surface area contributed by atoms with Gasteiger partial charge in [-0.3, -0.25) is 4.98 Å². The lowest BCUT2D eigenvalue weighted by Gasteiger charge is -1.98. The molecule has 20 heavy (non-hydrogen) atoms. The fourth-order valence-corrected chi connectivity index (χ4v) is 2.27. The Balaban J connectivity index is 1.91. The van der Waals surface area contributed by atoms with E-state index in [2.05, 4.69) is 9.97 Å². The van der Waals surface area contributed by atoms with Gasteiger partial charge in [0.05, 0.1) is 5.52 Å². The topological polar surface area (TPSA) is 64.9 Å². The predicted molar refractivity (Wildman–Crippen MR) is 79.2 cm³/mol. The molecule has 0 spiro atoms. The predicted octanol–water partition coefficient (Wildman–Crippen LogP) is 3.63. The van der Waals surface area contributed by atoms with Crippen LogP contribution >= 0.6 is 0 Å². The first-order chi connectivity index (χ1) is 9.79. The highest BCUT2D eigenvalue weighted by Crippen LogP contribution is 2.27. The first-order valence-corrected chi connectivity index (χ1v) is 6.31. The van der Waals surface area contributed by atoms with Crippen molar-refractivity contribution < 1.29 is 4.42 Å². The minimum Gasteiger partial charge on any atom is -0.436 e. The Bertz CT molecular complexity index is 927. The number of nitrogen functional groups attached to an aromatic ring is 1. The number of hydrogen-bond donors (Lipinski definition) is 1. The van der Waals surface area contributed by atoms with Gasteiger partial charge in [-0.05, 0) is 36.4 Å². The normalized spacial score (nSPS) is 11.2. The van der Waals surface area contributed by atoms with Crippen LogP contribution in [0.15, 0.2) is 59.1 Å². The van der Waals surface area contributed by atoms with Gasteiger partial charge in [-0.15, -0.1) is 0 Å². The quantitative estimate of drug-likeness (QED) is 0.531. The van der Waals surface area contributed by atoms with E-state index in [-0.39, 0.29) is 0 Å². The number of rotatable bonds is 1. The van der Waals surface area contributed by atoms with Gasteiger partial charge in [0.1, 0.15) is 5.52 Å². The van der Waals surface area contributed by atoms with E-state index in [1.165, 1.54) is 0 Å². The lowest BCUT2D eigenvalue weighted by molar-refractivity contribution is 0.620. The summed E-state index contributed by atoms with van der Waals surface area (Å²) in [6, 6.07) is 15.4. The molecule has 2 aromatic carbocycles. The first kappa shape index (κ1) is 11.0. The number of fused-ring (bicyclic) bond motifs is 2. The van der Waals surface area contributed by atoms with Crippen molar-refractivity contribution in [2.45, 2.75) is 0 Å². The number of benzene rings is 2. The monoisotopic (exact) mass is 261 g/mol. The van der Waals surface area contributed by atoms with E-state index in [1.54, 1.807) is 12.3 Å². The molecule has 4 nitrogen and oxygen atoms in total. The van der Waals surface area contributed by atoms with Crippen molar-refractivity contribution >= 4 is 27.7 Å². The van der Waals surface area contributed by atoms with E-state index in [1.807, 2.05) is 42.5 Å². The molecule has 4 heteroatoms. The Kier molecular flexibility index (Phi) is 2.23. The molecule has 0 fully saturated rings. The van der Waals surface area contributed by atoms with Crippen LogP contribution in [0.3, 0.4) is 0 Å². The van der Waals surface area contributed by atoms with Crippen LogP contribution in [0.4, 0.5) is 5.69 Å². The Hall–Kier alpha value is -2.88. The molecule has 0 aliphatic heterocycles. The highest BCUT2D eigenvalue weighted by Gasteiger charge is 2.09. The van der Waals surface area contributed by atoms with Crippen molar-refractivity contribution in [3.05, 3.63) is 54.7 Å². The maximum absolute atomic E-state index is 5.77. The molecule has 2 N–H and O–H groups in total. The van der Waals surface area contributed by atoms with Crippen LogP contribution in [-0.4, -0.2) is 9.97 Å². The van der Waals surface area contributed by atoms with Crippen LogP contribution < -0.4 is 5.73 Å². The maximum Gasteiger partial charge on any atom is 0.227 e. The fraction of sp³-hybridized carbons (Fsp3) is 0. The van der Waals surface area contributed by atoms with Crippen LogP contribution in [0.5, 0.6) is 0 Å². The van der Waals surface area contributed by atoms with Gasteiger partial charge in [-0.25, -0.2) is 4.98 Å². The van der Waals surface area contributed by atoms with E-state index in [0.717, 1.165) is 22.0 Å². The Labute approximate surface area is 114 Å². The highest BCUT2D eigenvalue weighted by molar-refractivity contribution is 5.85. The number of aromatic nitrogens is 2. The van der Waals surface area contributed by atoms with Crippen molar-refractivity contribution in [3.63, 3.8) is 0 Å². The molecule has 4 aromatic rings. The lowest BCUT2D eigenvalue weighted by atomic mass is 10.1. The zero-order chi connectivity index (χ0) is 13.5. The average molecular weight is 261 g/mol. The van der Waals surface area contributed by atoms with Crippen molar-refractivity contribution in [2.75, 3.05) is 5.73 Å². The molecule has 0 aliphatic rings. The summed E-state index contributed by atoms with van der Waals surface area (Å²) >= 11 is 0. The van der Waals surface area contributed by atoms with E-state index in [9.17, 15) is 0 Å². The van der Waals surface area contributed by atoms with Crippen molar-refractivity contribution in [3.8, 4) is 11.5 Å². The summed E-state index contributed by atoms with van der Waals surface area (Å²) < 4.78 is 5.77.